The second-order valence-electron chi connectivity index (χ2n) is 7.88. The summed E-state index contributed by atoms with van der Waals surface area (Å²) in [5.74, 6) is -0.118. The average Bonchev–Trinajstić information content (AvgIpc) is 3.33. The molecule has 1 fully saturated rings. The first-order valence-electron chi connectivity index (χ1n) is 9.95. The Kier molecular flexibility index (Phi) is 5.36. The van der Waals surface area contributed by atoms with E-state index in [-0.39, 0.29) is 17.8 Å². The lowest BCUT2D eigenvalue weighted by molar-refractivity contribution is -0.127. The number of carbonyl (C=O) groups is 1. The zero-order chi connectivity index (χ0) is 20.6. The maximum Gasteiger partial charge on any atom is 0.256 e. The number of benzene rings is 2. The fraction of sp³-hybridized carbons (Fsp3) is 0.409. The monoisotopic (exact) mass is 414 g/mol. The molecular weight excluding hydrogens is 388 g/mol. The molecule has 2 heterocycles. The predicted octanol–water partition coefficient (Wildman–Crippen LogP) is 3.31. The van der Waals surface area contributed by atoms with Gasteiger partial charge in [0, 0.05) is 18.8 Å². The first kappa shape index (κ1) is 19.9. The lowest BCUT2D eigenvalue weighted by Gasteiger charge is -2.21. The van der Waals surface area contributed by atoms with E-state index in [0.29, 0.717) is 18.8 Å². The number of sulfonamides is 1. The lowest BCUT2D eigenvalue weighted by Crippen LogP contribution is -2.37. The first-order chi connectivity index (χ1) is 13.8. The largest absolute Gasteiger partial charge is 0.368 e. The van der Waals surface area contributed by atoms with Crippen LogP contribution in [0.2, 0.25) is 0 Å². The molecular formula is C22H26N2O4S. The number of hydrogen-bond acceptors (Lipinski definition) is 4. The van der Waals surface area contributed by atoms with Crippen molar-refractivity contribution in [3.05, 3.63) is 58.7 Å². The van der Waals surface area contributed by atoms with Crippen LogP contribution in [-0.4, -0.2) is 33.6 Å². The van der Waals surface area contributed by atoms with Crippen LogP contribution in [0.4, 0.5) is 11.4 Å². The summed E-state index contributed by atoms with van der Waals surface area (Å²) in [5, 5.41) is 0. The van der Waals surface area contributed by atoms with E-state index in [9.17, 15) is 13.2 Å². The minimum atomic E-state index is -3.58. The summed E-state index contributed by atoms with van der Waals surface area (Å²) in [6, 6.07) is 11.2. The van der Waals surface area contributed by atoms with Gasteiger partial charge in [-0.2, -0.15) is 0 Å². The minimum absolute atomic E-state index is 0.0309. The van der Waals surface area contributed by atoms with Gasteiger partial charge in [0.15, 0.2) is 0 Å². The Bertz CT molecular complexity index is 1040. The number of nitrogens with one attached hydrogen (secondary N) is 1. The van der Waals surface area contributed by atoms with Crippen LogP contribution < -0.4 is 9.62 Å². The van der Waals surface area contributed by atoms with Crippen molar-refractivity contribution in [2.45, 2.75) is 45.0 Å². The highest BCUT2D eigenvalue weighted by Crippen LogP contribution is 2.33. The molecule has 154 valence electrons. The van der Waals surface area contributed by atoms with Crippen LogP contribution in [0.5, 0.6) is 0 Å². The van der Waals surface area contributed by atoms with Crippen molar-refractivity contribution in [3.63, 3.8) is 0 Å². The summed E-state index contributed by atoms with van der Waals surface area (Å²) >= 11 is 0. The van der Waals surface area contributed by atoms with Crippen molar-refractivity contribution in [3.8, 4) is 0 Å². The Balaban J connectivity index is 1.53. The van der Waals surface area contributed by atoms with Crippen LogP contribution >= 0.6 is 0 Å². The van der Waals surface area contributed by atoms with Crippen molar-refractivity contribution < 1.29 is 17.9 Å². The number of carbonyl (C=O) groups excluding carboxylic acids is 1. The summed E-state index contributed by atoms with van der Waals surface area (Å²) < 4.78 is 33.7. The average molecular weight is 415 g/mol. The molecule has 1 amide bonds. The molecule has 0 saturated carbocycles. The molecule has 2 aromatic carbocycles. The van der Waals surface area contributed by atoms with Gasteiger partial charge < -0.3 is 9.64 Å². The van der Waals surface area contributed by atoms with Crippen LogP contribution in [0.1, 0.15) is 35.1 Å². The third kappa shape index (κ3) is 4.31. The third-order valence-electron chi connectivity index (χ3n) is 5.58. The number of rotatable bonds is 5. The highest BCUT2D eigenvalue weighted by molar-refractivity contribution is 7.91. The Morgan fingerprint density at radius 1 is 1.21 bits per heavy atom. The normalized spacial score (nSPS) is 18.7. The number of hydrogen-bond donors (Lipinski definition) is 1. The number of amides is 1. The molecule has 0 aromatic heterocycles. The molecule has 1 unspecified atom stereocenters. The molecule has 29 heavy (non-hydrogen) atoms. The zero-order valence-electron chi connectivity index (χ0n) is 16.8. The SMILES string of the molecule is Cc1ccc(C)c(CS(=O)(=O)Nc2ccc3c(c2)N(C(=O)C2CCCO2)CC3)c1. The molecule has 0 aliphatic carbocycles. The van der Waals surface area contributed by atoms with Crippen molar-refractivity contribution in [2.75, 3.05) is 22.8 Å². The summed E-state index contributed by atoms with van der Waals surface area (Å²) in [6.07, 6.45) is 2.02. The van der Waals surface area contributed by atoms with Crippen LogP contribution in [0.3, 0.4) is 0 Å². The standard InChI is InChI=1S/C22H26N2O4S/c1-15-5-6-16(2)18(12-15)14-29(26,27)23-19-8-7-17-9-10-24(20(17)13-19)22(25)21-4-3-11-28-21/h5-8,12-13,21,23H,3-4,9-11,14H2,1-2H3. The molecule has 2 aromatic rings. The molecule has 6 nitrogen and oxygen atoms in total. The van der Waals surface area contributed by atoms with Gasteiger partial charge in [-0.25, -0.2) is 8.42 Å². The molecule has 0 bridgehead atoms. The predicted molar refractivity (Wildman–Crippen MR) is 114 cm³/mol. The first-order valence-corrected chi connectivity index (χ1v) is 11.6. The minimum Gasteiger partial charge on any atom is -0.368 e. The van der Waals surface area contributed by atoms with E-state index in [1.54, 1.807) is 17.0 Å². The van der Waals surface area contributed by atoms with E-state index in [1.165, 1.54) is 0 Å². The Labute approximate surface area is 171 Å². The van der Waals surface area contributed by atoms with Crippen LogP contribution in [0.15, 0.2) is 36.4 Å². The van der Waals surface area contributed by atoms with Gasteiger partial charge in [-0.15, -0.1) is 0 Å². The Hall–Kier alpha value is -2.38. The summed E-state index contributed by atoms with van der Waals surface area (Å²) in [4.78, 5) is 14.5. The molecule has 4 rings (SSSR count). The fourth-order valence-corrected chi connectivity index (χ4v) is 5.27. The highest BCUT2D eigenvalue weighted by atomic mass is 32.2. The zero-order valence-corrected chi connectivity index (χ0v) is 17.6. The van der Waals surface area contributed by atoms with Gasteiger partial charge in [0.2, 0.25) is 10.0 Å². The fourth-order valence-electron chi connectivity index (χ4n) is 3.99. The smallest absolute Gasteiger partial charge is 0.256 e. The number of nitrogens with zero attached hydrogens (tertiary/aromatic N) is 1. The van der Waals surface area contributed by atoms with Gasteiger partial charge in [0.05, 0.1) is 11.4 Å². The van der Waals surface area contributed by atoms with Gasteiger partial charge >= 0.3 is 0 Å². The van der Waals surface area contributed by atoms with Crippen molar-refractivity contribution >= 4 is 27.3 Å². The lowest BCUT2D eigenvalue weighted by atomic mass is 10.1. The number of aryl methyl sites for hydroxylation is 2. The number of fused-ring (bicyclic) bond motifs is 1. The summed E-state index contributed by atoms with van der Waals surface area (Å²) in [6.45, 7) is 5.08. The number of anilines is 2. The molecule has 0 spiro atoms. The molecule has 2 aliphatic rings. The van der Waals surface area contributed by atoms with Crippen LogP contribution in [0, 0.1) is 13.8 Å². The summed E-state index contributed by atoms with van der Waals surface area (Å²) in [5.41, 5.74) is 5.06. The Morgan fingerprint density at radius 3 is 2.79 bits per heavy atom. The van der Waals surface area contributed by atoms with Gasteiger partial charge in [0.25, 0.3) is 5.91 Å². The molecule has 7 heteroatoms. The van der Waals surface area contributed by atoms with Crippen molar-refractivity contribution in [1.82, 2.24) is 0 Å². The molecule has 1 saturated heterocycles. The maximum atomic E-state index is 12.8. The summed E-state index contributed by atoms with van der Waals surface area (Å²) in [7, 11) is -3.58. The van der Waals surface area contributed by atoms with Crippen LogP contribution in [-0.2, 0) is 31.7 Å². The second kappa shape index (κ2) is 7.80. The number of ether oxygens (including phenoxy) is 1. The molecule has 2 aliphatic heterocycles. The maximum absolute atomic E-state index is 12.8. The van der Waals surface area contributed by atoms with Gasteiger partial charge in [0.1, 0.15) is 6.10 Å². The van der Waals surface area contributed by atoms with E-state index >= 15 is 0 Å². The molecule has 1 N–H and O–H groups in total. The molecule has 0 radical (unpaired) electrons. The van der Waals surface area contributed by atoms with E-state index in [4.69, 9.17) is 4.74 Å². The van der Waals surface area contributed by atoms with Gasteiger partial charge in [-0.1, -0.05) is 29.8 Å². The van der Waals surface area contributed by atoms with Crippen molar-refractivity contribution in [2.24, 2.45) is 0 Å². The topological polar surface area (TPSA) is 75.7 Å². The van der Waals surface area contributed by atoms with Gasteiger partial charge in [-0.05, 0) is 61.9 Å². The van der Waals surface area contributed by atoms with Gasteiger partial charge in [-0.3, -0.25) is 9.52 Å². The van der Waals surface area contributed by atoms with Crippen LogP contribution in [0.25, 0.3) is 0 Å². The second-order valence-corrected chi connectivity index (χ2v) is 9.60. The van der Waals surface area contributed by atoms with E-state index < -0.39 is 10.0 Å². The van der Waals surface area contributed by atoms with E-state index in [0.717, 1.165) is 47.2 Å². The molecule has 1 atom stereocenters. The quantitative estimate of drug-likeness (QED) is 0.814. The van der Waals surface area contributed by atoms with E-state index in [2.05, 4.69) is 4.72 Å². The van der Waals surface area contributed by atoms with E-state index in [1.807, 2.05) is 38.1 Å². The third-order valence-corrected chi connectivity index (χ3v) is 6.81. The van der Waals surface area contributed by atoms with Crippen molar-refractivity contribution in [1.29, 1.82) is 0 Å². The Morgan fingerprint density at radius 2 is 2.03 bits per heavy atom. The highest BCUT2D eigenvalue weighted by Gasteiger charge is 2.33.